The molecule has 2 rings (SSSR count). The summed E-state index contributed by atoms with van der Waals surface area (Å²) in [5.74, 6) is -0.0696. The lowest BCUT2D eigenvalue weighted by Gasteiger charge is -2.08. The first kappa shape index (κ1) is 12.6. The molecule has 1 amide bonds. The Morgan fingerprint density at radius 3 is 2.94 bits per heavy atom. The number of fused-ring (bicyclic) bond motifs is 1. The van der Waals surface area contributed by atoms with E-state index in [2.05, 4.69) is 10.3 Å². The smallest absolute Gasteiger partial charge is 0.253 e. The first-order valence-electron chi connectivity index (χ1n) is 6.14. The topological polar surface area (TPSA) is 54.1 Å². The molecule has 2 aromatic rings. The number of hydrogen-bond acceptors (Lipinski definition) is 2. The molecule has 4 heteroatoms. The van der Waals surface area contributed by atoms with Crippen molar-refractivity contribution in [3.63, 3.8) is 0 Å². The van der Waals surface area contributed by atoms with Gasteiger partial charge < -0.3 is 15.0 Å². The van der Waals surface area contributed by atoms with Gasteiger partial charge in [0.25, 0.3) is 5.91 Å². The highest BCUT2D eigenvalue weighted by molar-refractivity contribution is 6.06. The van der Waals surface area contributed by atoms with E-state index in [1.165, 1.54) is 0 Å². The molecule has 0 saturated heterocycles. The molecule has 96 valence electrons. The number of ether oxygens (including phenoxy) is 1. The van der Waals surface area contributed by atoms with Crippen LogP contribution in [0, 0.1) is 0 Å². The Kier molecular flexibility index (Phi) is 3.99. The fourth-order valence-electron chi connectivity index (χ4n) is 1.81. The fourth-order valence-corrected chi connectivity index (χ4v) is 1.81. The molecule has 0 radical (unpaired) electrons. The summed E-state index contributed by atoms with van der Waals surface area (Å²) in [6.45, 7) is 5.01. The van der Waals surface area contributed by atoms with Crippen molar-refractivity contribution in [1.29, 1.82) is 0 Å². The zero-order valence-corrected chi connectivity index (χ0v) is 10.7. The highest BCUT2D eigenvalue weighted by Crippen LogP contribution is 2.17. The van der Waals surface area contributed by atoms with E-state index in [-0.39, 0.29) is 12.0 Å². The Morgan fingerprint density at radius 2 is 2.17 bits per heavy atom. The van der Waals surface area contributed by atoms with E-state index in [0.29, 0.717) is 18.7 Å². The molecular formula is C14H18N2O2. The van der Waals surface area contributed by atoms with Crippen molar-refractivity contribution in [2.24, 2.45) is 0 Å². The summed E-state index contributed by atoms with van der Waals surface area (Å²) in [7, 11) is 0. The summed E-state index contributed by atoms with van der Waals surface area (Å²) < 4.78 is 5.37. The van der Waals surface area contributed by atoms with Crippen molar-refractivity contribution >= 4 is 16.8 Å². The molecular weight excluding hydrogens is 228 g/mol. The van der Waals surface area contributed by atoms with Crippen molar-refractivity contribution in [2.45, 2.75) is 20.0 Å². The van der Waals surface area contributed by atoms with Crippen LogP contribution < -0.4 is 5.32 Å². The lowest BCUT2D eigenvalue weighted by Crippen LogP contribution is -2.27. The van der Waals surface area contributed by atoms with Gasteiger partial charge in [-0.2, -0.15) is 0 Å². The first-order valence-corrected chi connectivity index (χ1v) is 6.14. The summed E-state index contributed by atoms with van der Waals surface area (Å²) in [4.78, 5) is 15.1. The molecule has 0 bridgehead atoms. The summed E-state index contributed by atoms with van der Waals surface area (Å²) in [5, 5.41) is 3.79. The molecule has 0 aliphatic carbocycles. The average molecular weight is 246 g/mol. The van der Waals surface area contributed by atoms with E-state index in [1.807, 2.05) is 38.1 Å². The third-order valence-corrected chi connectivity index (χ3v) is 2.67. The number of nitrogens with one attached hydrogen (secondary N) is 2. The van der Waals surface area contributed by atoms with Crippen molar-refractivity contribution in [3.8, 4) is 0 Å². The van der Waals surface area contributed by atoms with Crippen LogP contribution in [0.3, 0.4) is 0 Å². The number of H-pyrrole nitrogens is 1. The van der Waals surface area contributed by atoms with Crippen molar-refractivity contribution in [2.75, 3.05) is 13.2 Å². The van der Waals surface area contributed by atoms with Crippen LogP contribution in [0.2, 0.25) is 0 Å². The van der Waals surface area contributed by atoms with E-state index in [4.69, 9.17) is 4.74 Å². The van der Waals surface area contributed by atoms with E-state index >= 15 is 0 Å². The lowest BCUT2D eigenvalue weighted by molar-refractivity contribution is 0.0747. The van der Waals surface area contributed by atoms with Crippen LogP contribution in [0.5, 0.6) is 0 Å². The molecule has 1 aromatic carbocycles. The molecule has 2 N–H and O–H groups in total. The van der Waals surface area contributed by atoms with Crippen molar-refractivity contribution in [1.82, 2.24) is 10.3 Å². The molecule has 1 aromatic heterocycles. The summed E-state index contributed by atoms with van der Waals surface area (Å²) in [6, 6.07) is 7.76. The summed E-state index contributed by atoms with van der Waals surface area (Å²) in [5.41, 5.74) is 1.65. The van der Waals surface area contributed by atoms with Crippen LogP contribution in [0.4, 0.5) is 0 Å². The van der Waals surface area contributed by atoms with E-state index in [0.717, 1.165) is 10.9 Å². The van der Waals surface area contributed by atoms with Crippen LogP contribution in [0.25, 0.3) is 10.9 Å². The Morgan fingerprint density at radius 1 is 1.39 bits per heavy atom. The minimum Gasteiger partial charge on any atom is -0.377 e. The second kappa shape index (κ2) is 5.69. The third kappa shape index (κ3) is 2.90. The molecule has 0 aliphatic heterocycles. The SMILES string of the molecule is CC(C)OCCNC(=O)c1c[nH]c2ccccc12. The molecule has 4 nitrogen and oxygen atoms in total. The van der Waals surface area contributed by atoms with Gasteiger partial charge in [-0.15, -0.1) is 0 Å². The zero-order chi connectivity index (χ0) is 13.0. The molecule has 18 heavy (non-hydrogen) atoms. The number of rotatable bonds is 5. The van der Waals surface area contributed by atoms with Crippen molar-refractivity contribution in [3.05, 3.63) is 36.0 Å². The molecule has 0 saturated carbocycles. The lowest BCUT2D eigenvalue weighted by atomic mass is 10.1. The maximum Gasteiger partial charge on any atom is 0.253 e. The van der Waals surface area contributed by atoms with E-state index in [9.17, 15) is 4.79 Å². The Labute approximate surface area is 106 Å². The Balaban J connectivity index is 1.97. The summed E-state index contributed by atoms with van der Waals surface area (Å²) in [6.07, 6.45) is 1.93. The first-order chi connectivity index (χ1) is 8.68. The highest BCUT2D eigenvalue weighted by atomic mass is 16.5. The van der Waals surface area contributed by atoms with Gasteiger partial charge in [-0.1, -0.05) is 18.2 Å². The van der Waals surface area contributed by atoms with Gasteiger partial charge >= 0.3 is 0 Å². The van der Waals surface area contributed by atoms with Gasteiger partial charge in [0.1, 0.15) is 0 Å². The normalized spacial score (nSPS) is 11.1. The van der Waals surface area contributed by atoms with Gasteiger partial charge in [-0.05, 0) is 19.9 Å². The molecule has 0 unspecified atom stereocenters. The average Bonchev–Trinajstić information content (AvgIpc) is 2.78. The molecule has 0 atom stereocenters. The molecule has 0 spiro atoms. The Hall–Kier alpha value is -1.81. The summed E-state index contributed by atoms with van der Waals surface area (Å²) >= 11 is 0. The number of benzene rings is 1. The second-order valence-corrected chi connectivity index (χ2v) is 4.42. The van der Waals surface area contributed by atoms with Crippen LogP contribution in [0.15, 0.2) is 30.5 Å². The number of hydrogen-bond donors (Lipinski definition) is 2. The number of aromatic nitrogens is 1. The van der Waals surface area contributed by atoms with Gasteiger partial charge in [-0.3, -0.25) is 4.79 Å². The van der Waals surface area contributed by atoms with Crippen LogP contribution in [0.1, 0.15) is 24.2 Å². The standard InChI is InChI=1S/C14H18N2O2/c1-10(2)18-8-7-15-14(17)12-9-16-13-6-4-3-5-11(12)13/h3-6,9-10,16H,7-8H2,1-2H3,(H,15,17). The number of carbonyl (C=O) groups excluding carboxylic acids is 1. The highest BCUT2D eigenvalue weighted by Gasteiger charge is 2.10. The van der Waals surface area contributed by atoms with Gasteiger partial charge in [0.2, 0.25) is 0 Å². The van der Waals surface area contributed by atoms with Crippen LogP contribution >= 0.6 is 0 Å². The quantitative estimate of drug-likeness (QED) is 0.795. The molecule has 1 heterocycles. The van der Waals surface area contributed by atoms with Gasteiger partial charge in [0.15, 0.2) is 0 Å². The predicted octanol–water partition coefficient (Wildman–Crippen LogP) is 2.32. The van der Waals surface area contributed by atoms with Crippen LogP contribution in [-0.2, 0) is 4.74 Å². The predicted molar refractivity (Wildman–Crippen MR) is 71.7 cm³/mol. The molecule has 0 fully saturated rings. The second-order valence-electron chi connectivity index (χ2n) is 4.42. The number of carbonyl (C=O) groups is 1. The minimum atomic E-state index is -0.0696. The maximum atomic E-state index is 12.0. The number of aromatic amines is 1. The maximum absolute atomic E-state index is 12.0. The monoisotopic (exact) mass is 246 g/mol. The minimum absolute atomic E-state index is 0.0696. The van der Waals surface area contributed by atoms with E-state index in [1.54, 1.807) is 6.20 Å². The van der Waals surface area contributed by atoms with Crippen LogP contribution in [-0.4, -0.2) is 30.1 Å². The zero-order valence-electron chi connectivity index (χ0n) is 10.7. The van der Waals surface area contributed by atoms with E-state index < -0.39 is 0 Å². The van der Waals surface area contributed by atoms with Crippen molar-refractivity contribution < 1.29 is 9.53 Å². The third-order valence-electron chi connectivity index (χ3n) is 2.67. The Bertz CT molecular complexity index is 531. The number of amides is 1. The van der Waals surface area contributed by atoms with Gasteiger partial charge in [0.05, 0.1) is 18.3 Å². The van der Waals surface area contributed by atoms with Gasteiger partial charge in [0, 0.05) is 23.6 Å². The largest absolute Gasteiger partial charge is 0.377 e. The van der Waals surface area contributed by atoms with Gasteiger partial charge in [-0.25, -0.2) is 0 Å². The molecule has 0 aliphatic rings. The number of para-hydroxylation sites is 1. The fraction of sp³-hybridized carbons (Fsp3) is 0.357.